The number of carbonyl (C=O) groups is 1. The smallest absolute Gasteiger partial charge is 0.416 e. The van der Waals surface area contributed by atoms with Gasteiger partial charge in [0.25, 0.3) is 5.91 Å². The molecule has 3 aromatic rings. The van der Waals surface area contributed by atoms with Crippen molar-refractivity contribution in [3.63, 3.8) is 0 Å². The van der Waals surface area contributed by atoms with Crippen molar-refractivity contribution < 1.29 is 50.5 Å². The highest BCUT2D eigenvalue weighted by molar-refractivity contribution is 6.33. The van der Waals surface area contributed by atoms with Crippen LogP contribution in [0.25, 0.3) is 11.3 Å². The summed E-state index contributed by atoms with van der Waals surface area (Å²) >= 11 is 6.37. The number of β-amino-alcohol motifs (C(OH)–C–C–N with tert-alkyl or cyclic N) is 1. The zero-order valence-corrected chi connectivity index (χ0v) is 28.0. The zero-order chi connectivity index (χ0) is 36.3. The highest BCUT2D eigenvalue weighted by atomic mass is 35.5. The van der Waals surface area contributed by atoms with Crippen LogP contribution in [0.3, 0.4) is 0 Å². The molecule has 0 radical (unpaired) electrons. The number of rotatable bonds is 10. The van der Waals surface area contributed by atoms with E-state index in [1.54, 1.807) is 24.3 Å². The summed E-state index contributed by atoms with van der Waals surface area (Å²) in [5, 5.41) is 8.80. The van der Waals surface area contributed by atoms with E-state index < -0.39 is 35.9 Å². The van der Waals surface area contributed by atoms with Gasteiger partial charge in [-0.2, -0.15) is 31.3 Å². The predicted molar refractivity (Wildman–Crippen MR) is 172 cm³/mol. The minimum Gasteiger partial charge on any atom is -0.462 e. The van der Waals surface area contributed by atoms with Crippen LogP contribution < -0.4 is 4.74 Å². The number of aliphatic hydroxyl groups excluding tert-OH is 1. The van der Waals surface area contributed by atoms with E-state index in [1.165, 1.54) is 13.2 Å². The highest BCUT2D eigenvalue weighted by Gasteiger charge is 2.37. The van der Waals surface area contributed by atoms with Crippen LogP contribution in [0.2, 0.25) is 5.02 Å². The molecule has 17 heteroatoms. The number of alkyl halides is 6. The summed E-state index contributed by atoms with van der Waals surface area (Å²) in [5.41, 5.74) is -2.90. The molecule has 2 aromatic carbocycles. The Morgan fingerprint density at radius 2 is 1.48 bits per heavy atom. The molecule has 0 unspecified atom stereocenters. The van der Waals surface area contributed by atoms with Crippen LogP contribution in [-0.4, -0.2) is 122 Å². The van der Waals surface area contributed by atoms with E-state index in [0.717, 1.165) is 50.8 Å². The highest BCUT2D eigenvalue weighted by Crippen LogP contribution is 2.37. The Hall–Kier alpha value is -3.54. The maximum atomic E-state index is 13.4. The molecule has 0 aliphatic carbocycles. The normalized spacial score (nSPS) is 16.0. The first-order chi connectivity index (χ1) is 23.8. The van der Waals surface area contributed by atoms with E-state index in [0.29, 0.717) is 37.5 Å². The standard InChI is InChI=1S/C27H25ClF6N4O3.C6H13NO2/c1-37(16-17-12-18(26(29,30)31)14-19(13-17)27(32,33)34)24(39)21-15-35-25(41-11-8-38-6-9-40-10-7-38)36-23(21)20-4-2-3-5-22(20)28;8-4-1-7-2-5-9-6-3-7/h2-5,12-15H,6-11,16H2,1H3;8H,1-6H2. The van der Waals surface area contributed by atoms with Gasteiger partial charge in [0, 0.05) is 69.6 Å². The van der Waals surface area contributed by atoms with Crippen molar-refractivity contribution >= 4 is 17.5 Å². The molecule has 1 amide bonds. The van der Waals surface area contributed by atoms with Gasteiger partial charge < -0.3 is 24.2 Å². The van der Waals surface area contributed by atoms with Gasteiger partial charge in [0.05, 0.1) is 55.4 Å². The maximum absolute atomic E-state index is 13.4. The summed E-state index contributed by atoms with van der Waals surface area (Å²) in [7, 11) is 1.25. The van der Waals surface area contributed by atoms with E-state index in [1.807, 2.05) is 0 Å². The van der Waals surface area contributed by atoms with E-state index in [4.69, 9.17) is 30.9 Å². The van der Waals surface area contributed by atoms with Gasteiger partial charge in [-0.1, -0.05) is 29.8 Å². The molecule has 0 atom stereocenters. The summed E-state index contributed by atoms with van der Waals surface area (Å²) < 4.78 is 96.0. The molecule has 274 valence electrons. The lowest BCUT2D eigenvalue weighted by Crippen LogP contribution is -2.38. The van der Waals surface area contributed by atoms with Crippen molar-refractivity contribution in [3.8, 4) is 17.3 Å². The summed E-state index contributed by atoms with van der Waals surface area (Å²) in [6, 6.07) is 7.70. The fraction of sp³-hybridized carbons (Fsp3) is 0.485. The third-order valence-corrected chi connectivity index (χ3v) is 8.13. The number of hydrogen-bond acceptors (Lipinski definition) is 9. The van der Waals surface area contributed by atoms with Gasteiger partial charge in [0.2, 0.25) is 0 Å². The van der Waals surface area contributed by atoms with Crippen LogP contribution in [0.5, 0.6) is 6.01 Å². The maximum Gasteiger partial charge on any atom is 0.416 e. The van der Waals surface area contributed by atoms with Crippen LogP contribution in [0.1, 0.15) is 27.0 Å². The first-order valence-corrected chi connectivity index (χ1v) is 16.1. The van der Waals surface area contributed by atoms with Crippen molar-refractivity contribution in [1.82, 2.24) is 24.7 Å². The number of hydrogen-bond donors (Lipinski definition) is 1. The first-order valence-electron chi connectivity index (χ1n) is 15.8. The fourth-order valence-corrected chi connectivity index (χ4v) is 5.39. The zero-order valence-electron chi connectivity index (χ0n) is 27.3. The summed E-state index contributed by atoms with van der Waals surface area (Å²) in [6.07, 6.45) is -8.83. The second kappa shape index (κ2) is 18.1. The van der Waals surface area contributed by atoms with Gasteiger partial charge in [-0.15, -0.1) is 0 Å². The van der Waals surface area contributed by atoms with Crippen molar-refractivity contribution in [2.45, 2.75) is 18.9 Å². The van der Waals surface area contributed by atoms with Crippen molar-refractivity contribution in [3.05, 3.63) is 75.9 Å². The Morgan fingerprint density at radius 1 is 0.920 bits per heavy atom. The van der Waals surface area contributed by atoms with Gasteiger partial charge in [-0.25, -0.2) is 4.98 Å². The number of halogens is 7. The van der Waals surface area contributed by atoms with E-state index in [9.17, 15) is 31.1 Å². The summed E-state index contributed by atoms with van der Waals surface area (Å²) in [6.45, 7) is 7.69. The SMILES string of the molecule is CN(Cc1cc(C(F)(F)F)cc(C(F)(F)F)c1)C(=O)c1cnc(OCCN2CCOCC2)nc1-c1ccccc1Cl.OCCN1CCOCC1. The van der Waals surface area contributed by atoms with E-state index in [-0.39, 0.29) is 47.1 Å². The van der Waals surface area contributed by atoms with Gasteiger partial charge >= 0.3 is 18.4 Å². The molecule has 2 aliphatic rings. The van der Waals surface area contributed by atoms with Crippen LogP contribution in [-0.2, 0) is 28.4 Å². The number of nitrogens with zero attached hydrogens (tertiary/aromatic N) is 5. The Balaban J connectivity index is 0.000000541. The Kier molecular flexibility index (Phi) is 14.2. The molecule has 3 heterocycles. The first kappa shape index (κ1) is 39.2. The molecule has 1 N–H and O–H groups in total. The van der Waals surface area contributed by atoms with E-state index >= 15 is 0 Å². The second-order valence-electron chi connectivity index (χ2n) is 11.5. The molecule has 0 spiro atoms. The largest absolute Gasteiger partial charge is 0.462 e. The number of amides is 1. The van der Waals surface area contributed by atoms with Crippen LogP contribution >= 0.6 is 11.6 Å². The Morgan fingerprint density at radius 3 is 2.02 bits per heavy atom. The minimum atomic E-state index is -5.01. The molecule has 50 heavy (non-hydrogen) atoms. The number of aromatic nitrogens is 2. The molecule has 5 rings (SSSR count). The van der Waals surface area contributed by atoms with Gasteiger partial charge in [0.15, 0.2) is 0 Å². The van der Waals surface area contributed by atoms with Gasteiger partial charge in [-0.3, -0.25) is 14.6 Å². The molecule has 2 fully saturated rings. The van der Waals surface area contributed by atoms with Crippen LogP contribution in [0.4, 0.5) is 26.3 Å². The average molecular weight is 734 g/mol. The second-order valence-corrected chi connectivity index (χ2v) is 11.9. The molecular weight excluding hydrogens is 696 g/mol. The van der Waals surface area contributed by atoms with Gasteiger partial charge in [0.1, 0.15) is 6.61 Å². The Bertz CT molecular complexity index is 1520. The number of carbonyl (C=O) groups excluding carboxylic acids is 1. The summed E-state index contributed by atoms with van der Waals surface area (Å²) in [4.78, 5) is 27.3. The molecule has 10 nitrogen and oxygen atoms in total. The lowest BCUT2D eigenvalue weighted by atomic mass is 10.0. The molecule has 0 saturated carbocycles. The predicted octanol–water partition coefficient (Wildman–Crippen LogP) is 5.13. The number of morpholine rings is 2. The third-order valence-electron chi connectivity index (χ3n) is 7.80. The fourth-order valence-electron chi connectivity index (χ4n) is 5.17. The van der Waals surface area contributed by atoms with Gasteiger partial charge in [-0.05, 0) is 29.8 Å². The van der Waals surface area contributed by atoms with Crippen molar-refractivity contribution in [2.75, 3.05) is 86.0 Å². The Labute approximate surface area is 290 Å². The lowest BCUT2D eigenvalue weighted by Gasteiger charge is -2.26. The monoisotopic (exact) mass is 733 g/mol. The van der Waals surface area contributed by atoms with Crippen LogP contribution in [0.15, 0.2) is 48.7 Å². The summed E-state index contributed by atoms with van der Waals surface area (Å²) in [5.74, 6) is -0.745. The van der Waals surface area contributed by atoms with Crippen molar-refractivity contribution in [1.29, 1.82) is 0 Å². The molecular formula is C33H38ClF6N5O5. The average Bonchev–Trinajstić information content (AvgIpc) is 3.09. The molecule has 0 bridgehead atoms. The van der Waals surface area contributed by atoms with E-state index in [2.05, 4.69) is 19.8 Å². The van der Waals surface area contributed by atoms with Crippen molar-refractivity contribution in [2.24, 2.45) is 0 Å². The molecule has 1 aromatic heterocycles. The number of benzene rings is 2. The number of aliphatic hydroxyl groups is 1. The quantitative estimate of drug-likeness (QED) is 0.285. The third kappa shape index (κ3) is 11.5. The van der Waals surface area contributed by atoms with Crippen LogP contribution in [0, 0.1) is 0 Å². The molecule has 2 saturated heterocycles. The minimum absolute atomic E-state index is 0.0277. The molecule has 2 aliphatic heterocycles. The number of ether oxygens (including phenoxy) is 3. The topological polar surface area (TPSA) is 100 Å². The lowest BCUT2D eigenvalue weighted by molar-refractivity contribution is -0.143.